The van der Waals surface area contributed by atoms with Crippen molar-refractivity contribution in [3.8, 4) is 0 Å². The van der Waals surface area contributed by atoms with E-state index in [0.717, 1.165) is 18.7 Å². The molecule has 1 N–H and O–H groups in total. The van der Waals surface area contributed by atoms with Crippen molar-refractivity contribution in [1.29, 1.82) is 0 Å². The second-order valence-corrected chi connectivity index (χ2v) is 5.00. The lowest BCUT2D eigenvalue weighted by Crippen LogP contribution is -2.31. The van der Waals surface area contributed by atoms with E-state index in [1.807, 2.05) is 17.8 Å². The molecule has 88 valence electrons. The quantitative estimate of drug-likeness (QED) is 0.826. The topological polar surface area (TPSA) is 47.3 Å². The molecule has 0 amide bonds. The minimum atomic E-state index is -0.309. The van der Waals surface area contributed by atoms with E-state index in [1.165, 1.54) is 6.42 Å². The molecule has 4 nitrogen and oxygen atoms in total. The molecule has 2 bridgehead atoms. The van der Waals surface area contributed by atoms with E-state index in [2.05, 4.69) is 4.98 Å². The summed E-state index contributed by atoms with van der Waals surface area (Å²) in [5.41, 5.74) is 0. The van der Waals surface area contributed by atoms with Crippen LogP contribution < -0.4 is 0 Å². The van der Waals surface area contributed by atoms with Gasteiger partial charge in [0.1, 0.15) is 5.82 Å². The van der Waals surface area contributed by atoms with Crippen molar-refractivity contribution in [2.45, 2.75) is 44.0 Å². The summed E-state index contributed by atoms with van der Waals surface area (Å²) >= 11 is 0. The molecular formula is C12H18N2O2. The molecule has 4 heteroatoms. The Balaban J connectivity index is 1.66. The first-order valence-corrected chi connectivity index (χ1v) is 6.04. The molecule has 0 aliphatic carbocycles. The van der Waals surface area contributed by atoms with Gasteiger partial charge in [-0.3, -0.25) is 0 Å². The first-order valence-electron chi connectivity index (χ1n) is 6.04. The van der Waals surface area contributed by atoms with Crippen LogP contribution in [0.4, 0.5) is 0 Å². The standard InChI is InChI=1S/C12H18N2O2/c1-14-5-4-13-12(14)7-10(15)9-6-8-2-3-11(9)16-8/h4-5,8-11,15H,2-3,6-7H2,1H3. The highest BCUT2D eigenvalue weighted by atomic mass is 16.5. The highest BCUT2D eigenvalue weighted by Gasteiger charge is 2.44. The molecule has 3 rings (SSSR count). The summed E-state index contributed by atoms with van der Waals surface area (Å²) in [5, 5.41) is 10.2. The van der Waals surface area contributed by atoms with Crippen LogP contribution in [-0.4, -0.2) is 33.0 Å². The maximum absolute atomic E-state index is 10.2. The first kappa shape index (κ1) is 10.3. The summed E-state index contributed by atoms with van der Waals surface area (Å²) in [4.78, 5) is 4.25. The number of aryl methyl sites for hydroxylation is 1. The van der Waals surface area contributed by atoms with Gasteiger partial charge in [0, 0.05) is 31.8 Å². The summed E-state index contributed by atoms with van der Waals surface area (Å²) in [7, 11) is 1.96. The van der Waals surface area contributed by atoms with Crippen molar-refractivity contribution >= 4 is 0 Å². The van der Waals surface area contributed by atoms with Gasteiger partial charge in [-0.2, -0.15) is 0 Å². The number of aromatic nitrogens is 2. The molecular weight excluding hydrogens is 204 g/mol. The smallest absolute Gasteiger partial charge is 0.110 e. The van der Waals surface area contributed by atoms with Crippen LogP contribution in [0.25, 0.3) is 0 Å². The Hall–Kier alpha value is -0.870. The highest BCUT2D eigenvalue weighted by molar-refractivity contribution is 4.98. The number of hydrogen-bond acceptors (Lipinski definition) is 3. The van der Waals surface area contributed by atoms with Crippen LogP contribution in [-0.2, 0) is 18.2 Å². The number of imidazole rings is 1. The molecule has 1 aromatic heterocycles. The second-order valence-electron chi connectivity index (χ2n) is 5.00. The number of ether oxygens (including phenoxy) is 1. The van der Waals surface area contributed by atoms with Crippen molar-refractivity contribution in [3.05, 3.63) is 18.2 Å². The van der Waals surface area contributed by atoms with Gasteiger partial charge < -0.3 is 14.4 Å². The summed E-state index contributed by atoms with van der Waals surface area (Å²) in [5.74, 6) is 1.27. The Morgan fingerprint density at radius 1 is 1.62 bits per heavy atom. The minimum Gasteiger partial charge on any atom is -0.392 e. The van der Waals surface area contributed by atoms with Gasteiger partial charge in [0.05, 0.1) is 18.3 Å². The predicted molar refractivity (Wildman–Crippen MR) is 58.9 cm³/mol. The Morgan fingerprint density at radius 2 is 2.50 bits per heavy atom. The molecule has 0 aromatic carbocycles. The number of aliphatic hydroxyl groups excluding tert-OH is 1. The summed E-state index contributed by atoms with van der Waals surface area (Å²) < 4.78 is 7.74. The molecule has 0 saturated carbocycles. The maximum atomic E-state index is 10.2. The van der Waals surface area contributed by atoms with Crippen LogP contribution in [0.5, 0.6) is 0 Å². The van der Waals surface area contributed by atoms with Gasteiger partial charge in [0.15, 0.2) is 0 Å². The molecule has 4 unspecified atom stereocenters. The van der Waals surface area contributed by atoms with Crippen molar-refractivity contribution in [2.24, 2.45) is 13.0 Å². The third kappa shape index (κ3) is 1.66. The van der Waals surface area contributed by atoms with E-state index < -0.39 is 0 Å². The van der Waals surface area contributed by atoms with Gasteiger partial charge in [-0.15, -0.1) is 0 Å². The molecule has 0 radical (unpaired) electrons. The fourth-order valence-electron chi connectivity index (χ4n) is 3.01. The average molecular weight is 222 g/mol. The lowest BCUT2D eigenvalue weighted by molar-refractivity contribution is 0.0420. The zero-order valence-corrected chi connectivity index (χ0v) is 9.54. The molecule has 2 saturated heterocycles. The number of aliphatic hydroxyl groups is 1. The Kier molecular flexibility index (Phi) is 2.48. The average Bonchev–Trinajstić information content (AvgIpc) is 2.95. The predicted octanol–water partition coefficient (Wildman–Crippen LogP) is 0.891. The molecule has 2 aliphatic rings. The van der Waals surface area contributed by atoms with Crippen LogP contribution in [0.1, 0.15) is 25.1 Å². The van der Waals surface area contributed by atoms with Gasteiger partial charge in [-0.05, 0) is 19.3 Å². The minimum absolute atomic E-state index is 0.292. The molecule has 2 fully saturated rings. The summed E-state index contributed by atoms with van der Waals surface area (Å²) in [6.45, 7) is 0. The number of fused-ring (bicyclic) bond motifs is 2. The van der Waals surface area contributed by atoms with Gasteiger partial charge in [0.2, 0.25) is 0 Å². The largest absolute Gasteiger partial charge is 0.392 e. The fourth-order valence-corrected chi connectivity index (χ4v) is 3.01. The van der Waals surface area contributed by atoms with E-state index in [1.54, 1.807) is 6.20 Å². The fraction of sp³-hybridized carbons (Fsp3) is 0.750. The zero-order valence-electron chi connectivity index (χ0n) is 9.54. The van der Waals surface area contributed by atoms with Crippen LogP contribution in [0, 0.1) is 5.92 Å². The van der Waals surface area contributed by atoms with Gasteiger partial charge in [0.25, 0.3) is 0 Å². The monoisotopic (exact) mass is 222 g/mol. The van der Waals surface area contributed by atoms with Crippen molar-refractivity contribution in [2.75, 3.05) is 0 Å². The van der Waals surface area contributed by atoms with Gasteiger partial charge in [-0.1, -0.05) is 0 Å². The third-order valence-electron chi connectivity index (χ3n) is 3.96. The number of rotatable bonds is 3. The van der Waals surface area contributed by atoms with Crippen LogP contribution >= 0.6 is 0 Å². The van der Waals surface area contributed by atoms with E-state index in [-0.39, 0.29) is 6.10 Å². The van der Waals surface area contributed by atoms with Crippen molar-refractivity contribution < 1.29 is 9.84 Å². The molecule has 4 atom stereocenters. The molecule has 0 spiro atoms. The maximum Gasteiger partial charge on any atom is 0.110 e. The normalized spacial score (nSPS) is 34.5. The van der Waals surface area contributed by atoms with Crippen LogP contribution in [0.3, 0.4) is 0 Å². The molecule has 16 heavy (non-hydrogen) atoms. The molecule has 1 aromatic rings. The molecule has 2 aliphatic heterocycles. The number of hydrogen-bond donors (Lipinski definition) is 1. The van der Waals surface area contributed by atoms with E-state index >= 15 is 0 Å². The first-order chi connectivity index (χ1) is 7.74. The van der Waals surface area contributed by atoms with Crippen LogP contribution in [0.2, 0.25) is 0 Å². The SMILES string of the molecule is Cn1ccnc1CC(O)C1CC2CCC1O2. The Morgan fingerprint density at radius 3 is 3.06 bits per heavy atom. The van der Waals surface area contributed by atoms with E-state index in [4.69, 9.17) is 4.74 Å². The van der Waals surface area contributed by atoms with Gasteiger partial charge >= 0.3 is 0 Å². The number of nitrogens with zero attached hydrogens (tertiary/aromatic N) is 2. The second kappa shape index (κ2) is 3.86. The lowest BCUT2D eigenvalue weighted by Gasteiger charge is -2.23. The lowest BCUT2D eigenvalue weighted by atomic mass is 9.84. The molecule has 3 heterocycles. The van der Waals surface area contributed by atoms with Crippen molar-refractivity contribution in [1.82, 2.24) is 9.55 Å². The zero-order chi connectivity index (χ0) is 11.1. The highest BCUT2D eigenvalue weighted by Crippen LogP contribution is 2.40. The Labute approximate surface area is 95.3 Å². The van der Waals surface area contributed by atoms with Crippen LogP contribution in [0.15, 0.2) is 12.4 Å². The Bertz CT molecular complexity index is 377. The van der Waals surface area contributed by atoms with E-state index in [0.29, 0.717) is 24.5 Å². The summed E-state index contributed by atoms with van der Waals surface area (Å²) in [6.07, 6.45) is 8.04. The van der Waals surface area contributed by atoms with Crippen molar-refractivity contribution in [3.63, 3.8) is 0 Å². The summed E-state index contributed by atoms with van der Waals surface area (Å²) in [6, 6.07) is 0. The third-order valence-corrected chi connectivity index (χ3v) is 3.96. The van der Waals surface area contributed by atoms with E-state index in [9.17, 15) is 5.11 Å². The van der Waals surface area contributed by atoms with Gasteiger partial charge in [-0.25, -0.2) is 4.98 Å².